The fourth-order valence-electron chi connectivity index (χ4n) is 3.52. The van der Waals surface area contributed by atoms with Crippen LogP contribution in [0.15, 0.2) is 46.9 Å². The summed E-state index contributed by atoms with van der Waals surface area (Å²) in [5.41, 5.74) is 1.12. The van der Waals surface area contributed by atoms with Gasteiger partial charge in [-0.15, -0.1) is 10.2 Å². The highest BCUT2D eigenvalue weighted by molar-refractivity contribution is 8.13. The van der Waals surface area contributed by atoms with Crippen LogP contribution in [-0.4, -0.2) is 57.1 Å². The molecular weight excluding hydrogens is 490 g/mol. The van der Waals surface area contributed by atoms with Gasteiger partial charge < -0.3 is 8.72 Å². The number of benzene rings is 2. The van der Waals surface area contributed by atoms with Gasteiger partial charge in [-0.1, -0.05) is 24.1 Å². The monoisotopic (exact) mass is 513 g/mol. The lowest BCUT2D eigenvalue weighted by atomic mass is 10.1. The molecule has 12 heteroatoms. The maximum Gasteiger partial charge on any atom is 0.314 e. The van der Waals surface area contributed by atoms with Crippen LogP contribution in [0.1, 0.15) is 17.9 Å². The first kappa shape index (κ1) is 24.7. The summed E-state index contributed by atoms with van der Waals surface area (Å²) >= 11 is 1.69. The number of piperazine rings is 1. The van der Waals surface area contributed by atoms with Gasteiger partial charge in [0.25, 0.3) is 5.89 Å². The van der Waals surface area contributed by atoms with E-state index in [-0.39, 0.29) is 18.0 Å². The minimum Gasteiger partial charge on any atom is -0.415 e. The molecule has 3 aromatic rings. The van der Waals surface area contributed by atoms with Crippen molar-refractivity contribution >= 4 is 34.4 Å². The molecule has 0 aliphatic carbocycles. The first-order valence-corrected chi connectivity index (χ1v) is 12.9. The molecule has 1 fully saturated rings. The number of nitrogens with zero attached hydrogens (tertiary/aromatic N) is 5. The van der Waals surface area contributed by atoms with E-state index >= 15 is 4.39 Å². The maximum atomic E-state index is 15.1. The summed E-state index contributed by atoms with van der Waals surface area (Å²) < 4.78 is 65.8. The van der Waals surface area contributed by atoms with Crippen molar-refractivity contribution in [1.82, 2.24) is 18.8 Å². The Morgan fingerprint density at radius 2 is 1.88 bits per heavy atom. The van der Waals surface area contributed by atoms with Gasteiger partial charge in [-0.2, -0.15) is 8.78 Å². The number of anilines is 1. The van der Waals surface area contributed by atoms with Crippen molar-refractivity contribution in [3.63, 3.8) is 0 Å². The molecule has 1 aliphatic rings. The molecular formula is C22H23F4N5OS2. The zero-order valence-corrected chi connectivity index (χ0v) is 20.0. The smallest absolute Gasteiger partial charge is 0.314 e. The number of alkyl halides is 2. The molecule has 2 aromatic carbocycles. The Labute approximate surface area is 201 Å². The average Bonchev–Trinajstić information content (AvgIpc) is 3.34. The number of rotatable bonds is 8. The molecule has 4 rings (SSSR count). The summed E-state index contributed by atoms with van der Waals surface area (Å²) in [4.78, 5) is 0. The van der Waals surface area contributed by atoms with Gasteiger partial charge in [-0.05, 0) is 53.3 Å². The fraction of sp³-hybridized carbons (Fsp3) is 0.318. The fourth-order valence-corrected chi connectivity index (χ4v) is 5.56. The molecule has 1 aliphatic heterocycles. The van der Waals surface area contributed by atoms with Gasteiger partial charge in [0.1, 0.15) is 11.6 Å². The van der Waals surface area contributed by atoms with Gasteiger partial charge in [0.2, 0.25) is 5.89 Å². The van der Waals surface area contributed by atoms with E-state index < -0.39 is 34.8 Å². The Balaban J connectivity index is 1.59. The van der Waals surface area contributed by atoms with Crippen LogP contribution in [0.4, 0.5) is 23.2 Å². The molecule has 1 unspecified atom stereocenters. The van der Waals surface area contributed by atoms with Crippen LogP contribution in [0.3, 0.4) is 0 Å². The molecule has 6 nitrogen and oxygen atoms in total. The van der Waals surface area contributed by atoms with Gasteiger partial charge in [0.05, 0.1) is 12.2 Å². The highest BCUT2D eigenvalue weighted by Crippen LogP contribution is 2.34. The van der Waals surface area contributed by atoms with Gasteiger partial charge in [-0.25, -0.2) is 17.4 Å². The van der Waals surface area contributed by atoms with Gasteiger partial charge >= 0.3 is 6.43 Å². The van der Waals surface area contributed by atoms with E-state index in [1.165, 1.54) is 30.3 Å². The van der Waals surface area contributed by atoms with Crippen LogP contribution in [0.25, 0.3) is 11.5 Å². The van der Waals surface area contributed by atoms with Crippen LogP contribution in [-0.2, 0) is 6.54 Å². The van der Waals surface area contributed by atoms with E-state index in [2.05, 4.69) is 24.7 Å². The Hall–Kier alpha value is -2.41. The van der Waals surface area contributed by atoms with Crippen molar-refractivity contribution in [2.75, 3.05) is 36.7 Å². The first-order valence-electron chi connectivity index (χ1n) is 10.4. The highest BCUT2D eigenvalue weighted by atomic mass is 32.2. The number of aromatic nitrogens is 2. The third-order valence-electron chi connectivity index (χ3n) is 5.35. The lowest BCUT2D eigenvalue weighted by molar-refractivity contribution is 0.116. The van der Waals surface area contributed by atoms with E-state index in [9.17, 15) is 13.2 Å². The standard InChI is InChI=1S/C22H23F4N5OS2/c1-33-29-8-10-30(11-9-29)34(2)31(18-5-3-4-17(23)13-18)14-16-7-6-15(12-19(16)24)21-27-28-22(32-21)20(25)26/h3-7,12-13,20H,2,8-11,14H2,1H3. The van der Waals surface area contributed by atoms with Gasteiger partial charge in [-0.3, -0.25) is 0 Å². The zero-order chi connectivity index (χ0) is 24.2. The second-order valence-corrected chi connectivity index (χ2v) is 9.97. The number of hydrogen-bond donors (Lipinski definition) is 0. The lowest BCUT2D eigenvalue weighted by Crippen LogP contribution is -2.42. The van der Waals surface area contributed by atoms with Crippen molar-refractivity contribution in [3.8, 4) is 11.5 Å². The SMILES string of the molecule is C=S(N1CCN(SC)CC1)N(Cc1ccc(-c2nnc(C(F)F)o2)cc1F)c1cccc(F)c1. The van der Waals surface area contributed by atoms with Crippen LogP contribution >= 0.6 is 22.8 Å². The first-order chi connectivity index (χ1) is 16.4. The summed E-state index contributed by atoms with van der Waals surface area (Å²) in [6, 6.07) is 10.4. The third kappa shape index (κ3) is 5.62. The average molecular weight is 514 g/mol. The predicted molar refractivity (Wildman–Crippen MR) is 129 cm³/mol. The summed E-state index contributed by atoms with van der Waals surface area (Å²) in [5, 5.41) is 6.84. The summed E-state index contributed by atoms with van der Waals surface area (Å²) in [5.74, 6) is 2.36. The van der Waals surface area contributed by atoms with Crippen molar-refractivity contribution < 1.29 is 22.0 Å². The maximum absolute atomic E-state index is 15.1. The molecule has 1 aromatic heterocycles. The molecule has 0 N–H and O–H groups in total. The highest BCUT2D eigenvalue weighted by Gasteiger charge is 2.24. The quantitative estimate of drug-likeness (QED) is 0.228. The summed E-state index contributed by atoms with van der Waals surface area (Å²) in [7, 11) is -0.699. The second-order valence-electron chi connectivity index (χ2n) is 7.45. The number of halogens is 4. The normalized spacial score (nSPS) is 16.2. The van der Waals surface area contributed by atoms with Crippen molar-refractivity contribution in [2.24, 2.45) is 0 Å². The molecule has 0 amide bonds. The van der Waals surface area contributed by atoms with Crippen molar-refractivity contribution in [3.05, 3.63) is 65.6 Å². The van der Waals surface area contributed by atoms with Crippen LogP contribution in [0, 0.1) is 11.6 Å². The molecule has 34 heavy (non-hydrogen) atoms. The molecule has 1 saturated heterocycles. The Morgan fingerprint density at radius 3 is 2.50 bits per heavy atom. The largest absolute Gasteiger partial charge is 0.415 e. The second kappa shape index (κ2) is 10.9. The molecule has 1 atom stereocenters. The predicted octanol–water partition coefficient (Wildman–Crippen LogP) is 5.39. The van der Waals surface area contributed by atoms with E-state index in [0.717, 1.165) is 26.2 Å². The minimum atomic E-state index is -2.90. The lowest BCUT2D eigenvalue weighted by Gasteiger charge is -2.39. The Kier molecular flexibility index (Phi) is 7.91. The third-order valence-corrected chi connectivity index (χ3v) is 8.04. The number of hydrogen-bond acceptors (Lipinski definition) is 7. The van der Waals surface area contributed by atoms with Crippen molar-refractivity contribution in [2.45, 2.75) is 13.0 Å². The van der Waals surface area contributed by atoms with Crippen LogP contribution in [0.5, 0.6) is 0 Å². The molecule has 0 radical (unpaired) electrons. The molecule has 0 bridgehead atoms. The molecule has 0 spiro atoms. The van der Waals surface area contributed by atoms with Crippen molar-refractivity contribution in [1.29, 1.82) is 0 Å². The van der Waals surface area contributed by atoms with Gasteiger partial charge in [0, 0.05) is 37.3 Å². The van der Waals surface area contributed by atoms with E-state index in [4.69, 9.17) is 4.42 Å². The summed E-state index contributed by atoms with van der Waals surface area (Å²) in [6.45, 7) is 3.43. The van der Waals surface area contributed by atoms with Gasteiger partial charge in [0.15, 0.2) is 0 Å². The summed E-state index contributed by atoms with van der Waals surface area (Å²) in [6.07, 6.45) is -0.869. The Morgan fingerprint density at radius 1 is 1.12 bits per heavy atom. The topological polar surface area (TPSA) is 48.6 Å². The minimum absolute atomic E-state index is 0.136. The van der Waals surface area contributed by atoms with E-state index in [1.54, 1.807) is 24.1 Å². The molecule has 2 heterocycles. The van der Waals surface area contributed by atoms with E-state index in [0.29, 0.717) is 11.3 Å². The molecule has 0 saturated carbocycles. The Bertz CT molecular complexity index is 1150. The zero-order valence-electron chi connectivity index (χ0n) is 18.3. The molecule has 182 valence electrons. The van der Waals surface area contributed by atoms with Crippen LogP contribution in [0.2, 0.25) is 0 Å². The van der Waals surface area contributed by atoms with E-state index in [1.807, 2.05) is 10.6 Å². The van der Waals surface area contributed by atoms with Crippen LogP contribution < -0.4 is 4.31 Å².